The SMILES string of the molecule is Cc1c(CO)c(=O)n(C2CCCC2)c2nc(Nc3ccc(N4CCNCC4)cn3)ncc12. The number of rotatable bonds is 5. The van der Waals surface area contributed by atoms with Crippen molar-refractivity contribution in [3.8, 4) is 0 Å². The fourth-order valence-electron chi connectivity index (χ4n) is 4.82. The Labute approximate surface area is 186 Å². The van der Waals surface area contributed by atoms with Crippen molar-refractivity contribution in [2.45, 2.75) is 45.3 Å². The molecule has 9 nitrogen and oxygen atoms in total. The molecule has 32 heavy (non-hydrogen) atoms. The van der Waals surface area contributed by atoms with Gasteiger partial charge in [0.25, 0.3) is 5.56 Å². The fraction of sp³-hybridized carbons (Fsp3) is 0.478. The molecule has 2 aliphatic rings. The minimum absolute atomic E-state index is 0.107. The first-order chi connectivity index (χ1) is 15.7. The van der Waals surface area contributed by atoms with Gasteiger partial charge in [0.15, 0.2) is 0 Å². The number of anilines is 3. The fourth-order valence-corrected chi connectivity index (χ4v) is 4.82. The van der Waals surface area contributed by atoms with E-state index in [2.05, 4.69) is 25.5 Å². The molecule has 1 aliphatic carbocycles. The van der Waals surface area contributed by atoms with Gasteiger partial charge in [-0.1, -0.05) is 12.8 Å². The summed E-state index contributed by atoms with van der Waals surface area (Å²) in [5.41, 5.74) is 2.74. The van der Waals surface area contributed by atoms with Crippen molar-refractivity contribution in [3.63, 3.8) is 0 Å². The van der Waals surface area contributed by atoms with Crippen LogP contribution in [-0.2, 0) is 6.61 Å². The Bertz CT molecular complexity index is 1160. The average Bonchev–Trinajstić information content (AvgIpc) is 3.35. The summed E-state index contributed by atoms with van der Waals surface area (Å²) in [7, 11) is 0. The minimum atomic E-state index is -0.281. The van der Waals surface area contributed by atoms with Crippen molar-refractivity contribution in [2.75, 3.05) is 36.4 Å². The van der Waals surface area contributed by atoms with Crippen LogP contribution in [0.1, 0.15) is 42.9 Å². The summed E-state index contributed by atoms with van der Waals surface area (Å²) >= 11 is 0. The number of hydrogen-bond donors (Lipinski definition) is 3. The molecule has 4 heterocycles. The van der Waals surface area contributed by atoms with Crippen molar-refractivity contribution in [3.05, 3.63) is 46.0 Å². The Balaban J connectivity index is 1.48. The molecule has 0 atom stereocenters. The number of aryl methyl sites for hydroxylation is 1. The first kappa shape index (κ1) is 20.8. The van der Waals surface area contributed by atoms with Crippen molar-refractivity contribution in [1.29, 1.82) is 0 Å². The summed E-state index contributed by atoms with van der Waals surface area (Å²) in [6, 6.07) is 4.08. The number of aliphatic hydroxyl groups is 1. The lowest BCUT2D eigenvalue weighted by Gasteiger charge is -2.29. The smallest absolute Gasteiger partial charge is 0.258 e. The molecule has 9 heteroatoms. The van der Waals surface area contributed by atoms with Crippen molar-refractivity contribution < 1.29 is 5.11 Å². The number of hydrogen-bond acceptors (Lipinski definition) is 8. The summed E-state index contributed by atoms with van der Waals surface area (Å²) in [6.45, 7) is 5.46. The Morgan fingerprint density at radius 1 is 1.16 bits per heavy atom. The van der Waals surface area contributed by atoms with Gasteiger partial charge in [0, 0.05) is 49.4 Å². The summed E-state index contributed by atoms with van der Waals surface area (Å²) < 4.78 is 1.77. The topological polar surface area (TPSA) is 108 Å². The molecule has 0 aromatic carbocycles. The van der Waals surface area contributed by atoms with E-state index < -0.39 is 0 Å². The summed E-state index contributed by atoms with van der Waals surface area (Å²) in [6.07, 6.45) is 7.69. The average molecular weight is 436 g/mol. The second-order valence-electron chi connectivity index (χ2n) is 8.57. The van der Waals surface area contributed by atoms with Gasteiger partial charge >= 0.3 is 0 Å². The van der Waals surface area contributed by atoms with E-state index in [1.54, 1.807) is 10.8 Å². The number of pyridine rings is 2. The number of fused-ring (bicyclic) bond motifs is 1. The lowest BCUT2D eigenvalue weighted by molar-refractivity contribution is 0.278. The predicted molar refractivity (Wildman–Crippen MR) is 125 cm³/mol. The standard InChI is InChI=1S/C23H29N7O2/c1-15-18-13-26-23(27-20-7-6-17(12-25-20)29-10-8-24-9-11-29)28-21(18)30(16-4-2-3-5-16)22(32)19(15)14-31/h6-7,12-13,16,24,31H,2-5,8-11,14H2,1H3,(H,25,26,27,28). The molecule has 0 bridgehead atoms. The van der Waals surface area contributed by atoms with Crippen LogP contribution in [0.4, 0.5) is 17.5 Å². The van der Waals surface area contributed by atoms with Crippen LogP contribution in [-0.4, -0.2) is 50.8 Å². The molecule has 3 aromatic rings. The molecule has 0 unspecified atom stereocenters. The lowest BCUT2D eigenvalue weighted by atomic mass is 10.1. The van der Waals surface area contributed by atoms with Crippen LogP contribution in [0, 0.1) is 6.92 Å². The van der Waals surface area contributed by atoms with E-state index in [-0.39, 0.29) is 18.2 Å². The summed E-state index contributed by atoms with van der Waals surface area (Å²) in [5.74, 6) is 1.06. The van der Waals surface area contributed by atoms with E-state index >= 15 is 0 Å². The maximum Gasteiger partial charge on any atom is 0.258 e. The molecule has 1 saturated heterocycles. The third kappa shape index (κ3) is 3.82. The highest BCUT2D eigenvalue weighted by Crippen LogP contribution is 2.32. The molecular formula is C23H29N7O2. The van der Waals surface area contributed by atoms with Crippen LogP contribution in [0.5, 0.6) is 0 Å². The van der Waals surface area contributed by atoms with Crippen molar-refractivity contribution in [2.24, 2.45) is 0 Å². The molecule has 0 spiro atoms. The van der Waals surface area contributed by atoms with Gasteiger partial charge in [-0.2, -0.15) is 4.98 Å². The van der Waals surface area contributed by atoms with Gasteiger partial charge in [0.2, 0.25) is 5.95 Å². The molecule has 3 N–H and O–H groups in total. The monoisotopic (exact) mass is 435 g/mol. The Hall–Kier alpha value is -3.04. The molecule has 0 amide bonds. The second-order valence-corrected chi connectivity index (χ2v) is 8.57. The maximum absolute atomic E-state index is 13.2. The Kier molecular flexibility index (Phi) is 5.75. The van der Waals surface area contributed by atoms with E-state index in [1.807, 2.05) is 25.3 Å². The molecule has 2 fully saturated rings. The number of aliphatic hydroxyl groups excluding tert-OH is 1. The number of nitrogens with zero attached hydrogens (tertiary/aromatic N) is 5. The molecule has 5 rings (SSSR count). The van der Waals surface area contributed by atoms with Gasteiger partial charge < -0.3 is 20.6 Å². The van der Waals surface area contributed by atoms with Gasteiger partial charge in [0.05, 0.1) is 18.5 Å². The van der Waals surface area contributed by atoms with Gasteiger partial charge in [0.1, 0.15) is 11.5 Å². The zero-order valence-corrected chi connectivity index (χ0v) is 18.3. The largest absolute Gasteiger partial charge is 0.391 e. The first-order valence-corrected chi connectivity index (χ1v) is 11.4. The quantitative estimate of drug-likeness (QED) is 0.560. The number of aromatic nitrogens is 4. The summed E-state index contributed by atoms with van der Waals surface area (Å²) in [5, 5.41) is 17.1. The first-order valence-electron chi connectivity index (χ1n) is 11.4. The van der Waals surface area contributed by atoms with Gasteiger partial charge in [-0.25, -0.2) is 9.97 Å². The highest BCUT2D eigenvalue weighted by Gasteiger charge is 2.24. The van der Waals surface area contributed by atoms with Crippen LogP contribution in [0.3, 0.4) is 0 Å². The van der Waals surface area contributed by atoms with E-state index in [1.165, 1.54) is 0 Å². The van der Waals surface area contributed by atoms with Crippen LogP contribution in [0.2, 0.25) is 0 Å². The molecule has 3 aromatic heterocycles. The van der Waals surface area contributed by atoms with Crippen LogP contribution in [0.25, 0.3) is 11.0 Å². The van der Waals surface area contributed by atoms with Crippen LogP contribution >= 0.6 is 0 Å². The Morgan fingerprint density at radius 2 is 1.94 bits per heavy atom. The second kappa shape index (κ2) is 8.84. The van der Waals surface area contributed by atoms with E-state index in [0.29, 0.717) is 23.0 Å². The predicted octanol–water partition coefficient (Wildman–Crippen LogP) is 2.26. The lowest BCUT2D eigenvalue weighted by Crippen LogP contribution is -2.43. The Morgan fingerprint density at radius 3 is 2.62 bits per heavy atom. The van der Waals surface area contributed by atoms with E-state index in [9.17, 15) is 9.90 Å². The number of nitrogens with one attached hydrogen (secondary N) is 2. The summed E-state index contributed by atoms with van der Waals surface area (Å²) in [4.78, 5) is 29.2. The minimum Gasteiger partial charge on any atom is -0.391 e. The highest BCUT2D eigenvalue weighted by atomic mass is 16.3. The van der Waals surface area contributed by atoms with E-state index in [0.717, 1.165) is 68.5 Å². The van der Waals surface area contributed by atoms with Crippen LogP contribution in [0.15, 0.2) is 29.3 Å². The molecule has 0 radical (unpaired) electrons. The van der Waals surface area contributed by atoms with Crippen molar-refractivity contribution in [1.82, 2.24) is 24.8 Å². The maximum atomic E-state index is 13.2. The molecule has 168 valence electrons. The third-order valence-electron chi connectivity index (χ3n) is 6.65. The normalized spacial score (nSPS) is 17.2. The number of piperazine rings is 1. The molecular weight excluding hydrogens is 406 g/mol. The molecule has 1 aliphatic heterocycles. The van der Waals surface area contributed by atoms with Crippen LogP contribution < -0.4 is 21.1 Å². The van der Waals surface area contributed by atoms with E-state index in [4.69, 9.17) is 4.98 Å². The third-order valence-corrected chi connectivity index (χ3v) is 6.65. The van der Waals surface area contributed by atoms with Gasteiger partial charge in [-0.3, -0.25) is 9.36 Å². The van der Waals surface area contributed by atoms with Gasteiger partial charge in [-0.15, -0.1) is 0 Å². The van der Waals surface area contributed by atoms with Crippen molar-refractivity contribution >= 4 is 28.5 Å². The zero-order chi connectivity index (χ0) is 22.1. The van der Waals surface area contributed by atoms with Gasteiger partial charge in [-0.05, 0) is 37.5 Å². The zero-order valence-electron chi connectivity index (χ0n) is 18.3. The molecule has 1 saturated carbocycles. The highest BCUT2D eigenvalue weighted by molar-refractivity contribution is 5.80.